The van der Waals surface area contributed by atoms with E-state index in [0.29, 0.717) is 19.3 Å². The summed E-state index contributed by atoms with van der Waals surface area (Å²) < 4.78 is 16.9. The van der Waals surface area contributed by atoms with E-state index in [2.05, 4.69) is 57.2 Å². The van der Waals surface area contributed by atoms with Gasteiger partial charge in [-0.3, -0.25) is 14.4 Å². The van der Waals surface area contributed by atoms with Crippen LogP contribution in [0.1, 0.15) is 342 Å². The molecular formula is C65H120O6. The van der Waals surface area contributed by atoms with Crippen molar-refractivity contribution in [2.75, 3.05) is 13.2 Å². The molecule has 0 aliphatic rings. The van der Waals surface area contributed by atoms with Crippen LogP contribution < -0.4 is 0 Å². The molecule has 6 nitrogen and oxygen atoms in total. The maximum absolute atomic E-state index is 12.9. The lowest BCUT2D eigenvalue weighted by molar-refractivity contribution is -0.167. The van der Waals surface area contributed by atoms with Gasteiger partial charge in [0.2, 0.25) is 0 Å². The molecule has 0 N–H and O–H groups in total. The van der Waals surface area contributed by atoms with Gasteiger partial charge in [0, 0.05) is 19.3 Å². The summed E-state index contributed by atoms with van der Waals surface area (Å²) in [5, 5.41) is 0. The van der Waals surface area contributed by atoms with Crippen LogP contribution in [0.2, 0.25) is 0 Å². The minimum atomic E-state index is -0.780. The molecule has 0 rings (SSSR count). The number of hydrogen-bond acceptors (Lipinski definition) is 6. The maximum atomic E-state index is 12.9. The lowest BCUT2D eigenvalue weighted by Crippen LogP contribution is -2.30. The molecule has 0 aliphatic carbocycles. The smallest absolute Gasteiger partial charge is 0.306 e. The lowest BCUT2D eigenvalue weighted by atomic mass is 10.0. The molecule has 0 saturated carbocycles. The van der Waals surface area contributed by atoms with E-state index < -0.39 is 6.10 Å². The molecule has 71 heavy (non-hydrogen) atoms. The number of ether oxygens (including phenoxy) is 3. The number of hydrogen-bond donors (Lipinski definition) is 0. The molecule has 0 aromatic heterocycles. The topological polar surface area (TPSA) is 78.9 Å². The monoisotopic (exact) mass is 997 g/mol. The van der Waals surface area contributed by atoms with Crippen molar-refractivity contribution in [3.8, 4) is 0 Å². The number of carbonyl (C=O) groups is 3. The molecule has 6 heteroatoms. The molecule has 0 amide bonds. The van der Waals surface area contributed by atoms with Crippen molar-refractivity contribution in [2.24, 2.45) is 0 Å². The van der Waals surface area contributed by atoms with Gasteiger partial charge in [0.05, 0.1) is 0 Å². The van der Waals surface area contributed by atoms with Gasteiger partial charge in [0.15, 0.2) is 6.10 Å². The summed E-state index contributed by atoms with van der Waals surface area (Å²) in [6.07, 6.45) is 73.0. The Balaban J connectivity index is 4.22. The quantitative estimate of drug-likeness (QED) is 0.0261. The van der Waals surface area contributed by atoms with Gasteiger partial charge in [0.1, 0.15) is 13.2 Å². The highest BCUT2D eigenvalue weighted by Crippen LogP contribution is 2.17. The van der Waals surface area contributed by atoms with Crippen molar-refractivity contribution in [1.29, 1.82) is 0 Å². The first-order valence-corrected chi connectivity index (χ1v) is 31.5. The fourth-order valence-corrected chi connectivity index (χ4v) is 9.35. The third kappa shape index (κ3) is 58.4. The molecule has 0 bridgehead atoms. The molecule has 0 aromatic rings. The standard InChI is InChI=1S/C65H120O6/c1-4-7-10-13-16-19-22-25-27-29-30-31-32-33-34-35-36-37-39-40-43-46-49-52-55-58-64(67)70-61-62(60-69-63(66)57-54-51-48-45-42-24-21-18-15-12-9-6-3)71-65(68)59-56-53-50-47-44-41-38-28-26-23-20-17-14-11-8-5-2/h18,20-21,23,28,38,62H,4-17,19,22,24-27,29-37,39-61H2,1-3H3/b21-18-,23-20-,38-28-. The molecule has 0 aliphatic heterocycles. The van der Waals surface area contributed by atoms with Gasteiger partial charge in [-0.1, -0.05) is 282 Å². The minimum Gasteiger partial charge on any atom is -0.462 e. The van der Waals surface area contributed by atoms with Crippen molar-refractivity contribution in [1.82, 2.24) is 0 Å². The van der Waals surface area contributed by atoms with Gasteiger partial charge in [-0.05, 0) is 77.0 Å². The molecule has 416 valence electrons. The first kappa shape index (κ1) is 68.6. The van der Waals surface area contributed by atoms with Crippen molar-refractivity contribution in [3.05, 3.63) is 36.5 Å². The summed E-state index contributed by atoms with van der Waals surface area (Å²) in [5.41, 5.74) is 0. The van der Waals surface area contributed by atoms with Gasteiger partial charge in [-0.2, -0.15) is 0 Å². The van der Waals surface area contributed by atoms with Crippen LogP contribution in [0, 0.1) is 0 Å². The summed E-state index contributed by atoms with van der Waals surface area (Å²) in [7, 11) is 0. The Morgan fingerprint density at radius 2 is 0.507 bits per heavy atom. The molecule has 0 aromatic carbocycles. The van der Waals surface area contributed by atoms with Crippen LogP contribution >= 0.6 is 0 Å². The zero-order valence-corrected chi connectivity index (χ0v) is 47.8. The SMILES string of the molecule is CCCCC/C=C\CCCCCCCC(=O)OCC(COC(=O)CCCCCCCCCCCCCCCCCCCCCCCCCCC)OC(=O)CCCCCCC/C=C\C/C=C\CCCCCC. The van der Waals surface area contributed by atoms with Crippen LogP contribution in [-0.4, -0.2) is 37.2 Å². The molecule has 1 unspecified atom stereocenters. The number of rotatable bonds is 58. The Hall–Kier alpha value is -2.37. The normalized spacial score (nSPS) is 12.2. The number of carbonyl (C=O) groups excluding carboxylic acids is 3. The Labute approximate surface area is 442 Å². The number of allylic oxidation sites excluding steroid dienone is 6. The molecule has 0 fully saturated rings. The Morgan fingerprint density at radius 3 is 0.831 bits per heavy atom. The van der Waals surface area contributed by atoms with Gasteiger partial charge < -0.3 is 14.2 Å². The molecule has 1 atom stereocenters. The van der Waals surface area contributed by atoms with Crippen LogP contribution in [0.4, 0.5) is 0 Å². The van der Waals surface area contributed by atoms with Gasteiger partial charge in [-0.15, -0.1) is 0 Å². The fraction of sp³-hybridized carbons (Fsp3) is 0.862. The fourth-order valence-electron chi connectivity index (χ4n) is 9.35. The van der Waals surface area contributed by atoms with Crippen LogP contribution in [0.3, 0.4) is 0 Å². The highest BCUT2D eigenvalue weighted by Gasteiger charge is 2.19. The molecule has 0 heterocycles. The van der Waals surface area contributed by atoms with Crippen molar-refractivity contribution < 1.29 is 28.6 Å². The van der Waals surface area contributed by atoms with E-state index >= 15 is 0 Å². The zero-order valence-electron chi connectivity index (χ0n) is 47.8. The lowest BCUT2D eigenvalue weighted by Gasteiger charge is -2.18. The van der Waals surface area contributed by atoms with E-state index in [0.717, 1.165) is 89.9 Å². The maximum Gasteiger partial charge on any atom is 0.306 e. The van der Waals surface area contributed by atoms with Crippen LogP contribution in [0.5, 0.6) is 0 Å². The molecule has 0 saturated heterocycles. The van der Waals surface area contributed by atoms with E-state index in [4.69, 9.17) is 14.2 Å². The summed E-state index contributed by atoms with van der Waals surface area (Å²) in [6, 6.07) is 0. The average molecular weight is 998 g/mol. The first-order chi connectivity index (χ1) is 35.0. The van der Waals surface area contributed by atoms with Crippen LogP contribution in [0.25, 0.3) is 0 Å². The molecule has 0 spiro atoms. The summed E-state index contributed by atoms with van der Waals surface area (Å²) in [4.78, 5) is 38.2. The molecule has 0 radical (unpaired) electrons. The second kappa shape index (κ2) is 60.2. The van der Waals surface area contributed by atoms with E-state index in [9.17, 15) is 14.4 Å². The van der Waals surface area contributed by atoms with Crippen molar-refractivity contribution in [2.45, 2.75) is 348 Å². The number of esters is 3. The minimum absolute atomic E-state index is 0.0768. The highest BCUT2D eigenvalue weighted by molar-refractivity contribution is 5.71. The molecular weight excluding hydrogens is 877 g/mol. The first-order valence-electron chi connectivity index (χ1n) is 31.5. The summed E-state index contributed by atoms with van der Waals surface area (Å²) >= 11 is 0. The predicted octanol–water partition coefficient (Wildman–Crippen LogP) is 21.2. The van der Waals surface area contributed by atoms with E-state index in [1.165, 1.54) is 212 Å². The van der Waals surface area contributed by atoms with Gasteiger partial charge in [0.25, 0.3) is 0 Å². The highest BCUT2D eigenvalue weighted by atomic mass is 16.6. The van der Waals surface area contributed by atoms with Gasteiger partial charge in [-0.25, -0.2) is 0 Å². The zero-order chi connectivity index (χ0) is 51.4. The van der Waals surface area contributed by atoms with Crippen LogP contribution in [-0.2, 0) is 28.6 Å². The van der Waals surface area contributed by atoms with Gasteiger partial charge >= 0.3 is 17.9 Å². The van der Waals surface area contributed by atoms with E-state index in [-0.39, 0.29) is 31.1 Å². The Bertz CT molecular complexity index is 1190. The Kier molecular flexibility index (Phi) is 58.2. The second-order valence-corrected chi connectivity index (χ2v) is 21.3. The summed E-state index contributed by atoms with van der Waals surface area (Å²) in [6.45, 7) is 6.63. The van der Waals surface area contributed by atoms with E-state index in [1.807, 2.05) is 0 Å². The van der Waals surface area contributed by atoms with Crippen molar-refractivity contribution in [3.63, 3.8) is 0 Å². The van der Waals surface area contributed by atoms with Crippen molar-refractivity contribution >= 4 is 17.9 Å². The van der Waals surface area contributed by atoms with E-state index in [1.54, 1.807) is 0 Å². The Morgan fingerprint density at radius 1 is 0.282 bits per heavy atom. The second-order valence-electron chi connectivity index (χ2n) is 21.3. The number of unbranched alkanes of at least 4 members (excludes halogenated alkanes) is 41. The third-order valence-corrected chi connectivity index (χ3v) is 14.1. The van der Waals surface area contributed by atoms with Crippen LogP contribution in [0.15, 0.2) is 36.5 Å². The average Bonchev–Trinajstić information content (AvgIpc) is 3.37. The largest absolute Gasteiger partial charge is 0.462 e. The predicted molar refractivity (Wildman–Crippen MR) is 307 cm³/mol. The third-order valence-electron chi connectivity index (χ3n) is 14.1. The summed E-state index contributed by atoms with van der Waals surface area (Å²) in [5.74, 6) is -0.881.